The highest BCUT2D eigenvalue weighted by Gasteiger charge is 2.52. The number of nitrogens with zero attached hydrogens (tertiary/aromatic N) is 2. The van der Waals surface area contributed by atoms with Crippen LogP contribution in [0.3, 0.4) is 0 Å². The van der Waals surface area contributed by atoms with Crippen molar-refractivity contribution in [2.24, 2.45) is 0 Å². The molecule has 3 heterocycles. The Hall–Kier alpha value is -4.89. The van der Waals surface area contributed by atoms with E-state index in [9.17, 15) is 0 Å². The minimum atomic E-state index is -0.103. The van der Waals surface area contributed by atoms with Crippen LogP contribution in [-0.4, -0.2) is 11.8 Å². The lowest BCUT2D eigenvalue weighted by molar-refractivity contribution is 0.759. The van der Waals surface area contributed by atoms with Gasteiger partial charge in [-0.25, -0.2) is 4.98 Å². The SMILES string of the molecule is CC1(C)B2c3ccccc3-c3ccccc3N2c2ccc(-c3cc(-c4ccccc4)cc(-c4ccccc4)n3)cc21. The van der Waals surface area contributed by atoms with Crippen molar-refractivity contribution in [2.45, 2.75) is 19.2 Å². The third kappa shape index (κ3) is 3.69. The van der Waals surface area contributed by atoms with E-state index in [4.69, 9.17) is 4.98 Å². The number of anilines is 2. The molecule has 0 unspecified atom stereocenters. The molecule has 0 aliphatic carbocycles. The Kier molecular flexibility index (Phi) is 5.30. The molecule has 5 aromatic carbocycles. The van der Waals surface area contributed by atoms with Crippen molar-refractivity contribution < 1.29 is 0 Å². The third-order valence-corrected chi connectivity index (χ3v) is 8.90. The summed E-state index contributed by atoms with van der Waals surface area (Å²) < 4.78 is 0. The van der Waals surface area contributed by atoms with Gasteiger partial charge in [0.2, 0.25) is 0 Å². The molecule has 0 atom stereocenters. The summed E-state index contributed by atoms with van der Waals surface area (Å²) in [5.41, 5.74) is 14.6. The van der Waals surface area contributed by atoms with Crippen LogP contribution in [0.5, 0.6) is 0 Å². The Morgan fingerprint density at radius 3 is 1.88 bits per heavy atom. The van der Waals surface area contributed by atoms with Gasteiger partial charge >= 0.3 is 6.85 Å². The Morgan fingerprint density at radius 1 is 0.512 bits per heavy atom. The summed E-state index contributed by atoms with van der Waals surface area (Å²) in [6.07, 6.45) is 0. The van der Waals surface area contributed by atoms with Gasteiger partial charge in [0.1, 0.15) is 0 Å². The fourth-order valence-corrected chi connectivity index (χ4v) is 6.95. The third-order valence-electron chi connectivity index (χ3n) is 8.90. The maximum atomic E-state index is 5.22. The van der Waals surface area contributed by atoms with Crippen LogP contribution >= 0.6 is 0 Å². The lowest BCUT2D eigenvalue weighted by Gasteiger charge is -2.38. The van der Waals surface area contributed by atoms with E-state index in [2.05, 4.69) is 158 Å². The zero-order valence-corrected chi connectivity index (χ0v) is 23.3. The summed E-state index contributed by atoms with van der Waals surface area (Å²) >= 11 is 0. The lowest BCUT2D eigenvalue weighted by atomic mass is 9.37. The second-order valence-corrected chi connectivity index (χ2v) is 11.7. The van der Waals surface area contributed by atoms with Crippen LogP contribution in [-0.2, 0) is 5.31 Å². The molecular weight excluding hydrogens is 495 g/mol. The quantitative estimate of drug-likeness (QED) is 0.215. The molecule has 0 spiro atoms. The Balaban J connectivity index is 1.32. The Morgan fingerprint density at radius 2 is 1.12 bits per heavy atom. The van der Waals surface area contributed by atoms with Gasteiger partial charge in [0, 0.05) is 28.1 Å². The van der Waals surface area contributed by atoms with E-state index in [0.29, 0.717) is 0 Å². The van der Waals surface area contributed by atoms with Crippen molar-refractivity contribution in [3.8, 4) is 44.8 Å². The predicted octanol–water partition coefficient (Wildman–Crippen LogP) is 8.93. The maximum absolute atomic E-state index is 5.22. The van der Waals surface area contributed by atoms with Crippen molar-refractivity contribution in [1.82, 2.24) is 4.98 Å². The number of benzene rings is 5. The summed E-state index contributed by atoms with van der Waals surface area (Å²) in [6.45, 7) is 5.02. The molecule has 2 aliphatic heterocycles. The fraction of sp³-hybridized carbons (Fsp3) is 0.0789. The van der Waals surface area contributed by atoms with Gasteiger partial charge < -0.3 is 4.81 Å². The molecule has 0 saturated heterocycles. The zero-order chi connectivity index (χ0) is 27.6. The standard InChI is InChI=1S/C38H29BN2/c1-38(2)32-23-28(35-25-29(26-13-5-3-6-14-26)24-34(40-35)27-15-7-4-8-16-27)21-22-37(32)41-36-20-12-10-18-31(36)30-17-9-11-19-33(30)39(38)41/h3-25H,1-2H3. The van der Waals surface area contributed by atoms with Crippen LogP contribution in [0.25, 0.3) is 44.8 Å². The Bertz CT molecular complexity index is 1870. The van der Waals surface area contributed by atoms with Gasteiger partial charge in [-0.2, -0.15) is 0 Å². The lowest BCUT2D eigenvalue weighted by Crippen LogP contribution is -2.55. The van der Waals surface area contributed by atoms with E-state index in [-0.39, 0.29) is 12.2 Å². The molecule has 0 saturated carbocycles. The minimum Gasteiger partial charge on any atom is -0.380 e. The van der Waals surface area contributed by atoms with E-state index in [0.717, 1.165) is 22.5 Å². The summed E-state index contributed by atoms with van der Waals surface area (Å²) in [7, 11) is 0. The molecule has 1 aromatic heterocycles. The summed E-state index contributed by atoms with van der Waals surface area (Å²) in [6, 6.07) is 50.3. The molecule has 6 aromatic rings. The average Bonchev–Trinajstić information content (AvgIpc) is 3.28. The molecule has 8 rings (SSSR count). The number of hydrogen-bond donors (Lipinski definition) is 0. The molecule has 41 heavy (non-hydrogen) atoms. The highest BCUT2D eigenvalue weighted by atomic mass is 15.1. The second-order valence-electron chi connectivity index (χ2n) is 11.7. The number of rotatable bonds is 3. The first-order chi connectivity index (χ1) is 20.1. The Labute approximate surface area is 242 Å². The highest BCUT2D eigenvalue weighted by molar-refractivity contribution is 6.84. The van der Waals surface area contributed by atoms with Crippen molar-refractivity contribution in [3.63, 3.8) is 0 Å². The van der Waals surface area contributed by atoms with E-state index in [1.165, 1.54) is 44.7 Å². The van der Waals surface area contributed by atoms with Crippen LogP contribution in [0, 0.1) is 0 Å². The number of para-hydroxylation sites is 1. The summed E-state index contributed by atoms with van der Waals surface area (Å²) in [4.78, 5) is 7.79. The van der Waals surface area contributed by atoms with Crippen LogP contribution < -0.4 is 10.3 Å². The van der Waals surface area contributed by atoms with Gasteiger partial charge in [-0.3, -0.25) is 0 Å². The molecule has 2 nitrogen and oxygen atoms in total. The minimum absolute atomic E-state index is 0.103. The monoisotopic (exact) mass is 524 g/mol. The molecule has 3 heteroatoms. The van der Waals surface area contributed by atoms with Crippen LogP contribution in [0.4, 0.5) is 11.4 Å². The van der Waals surface area contributed by atoms with Gasteiger partial charge in [-0.1, -0.05) is 123 Å². The molecule has 194 valence electrons. The summed E-state index contributed by atoms with van der Waals surface area (Å²) in [5.74, 6) is 0. The molecule has 2 aliphatic rings. The van der Waals surface area contributed by atoms with Crippen LogP contribution in [0.1, 0.15) is 19.4 Å². The van der Waals surface area contributed by atoms with Crippen molar-refractivity contribution in [3.05, 3.63) is 145 Å². The van der Waals surface area contributed by atoms with Crippen LogP contribution in [0.2, 0.25) is 0 Å². The zero-order valence-electron chi connectivity index (χ0n) is 23.3. The van der Waals surface area contributed by atoms with Gasteiger partial charge in [-0.05, 0) is 63.4 Å². The van der Waals surface area contributed by atoms with Crippen LogP contribution in [0.15, 0.2) is 140 Å². The van der Waals surface area contributed by atoms with Gasteiger partial charge in [0.25, 0.3) is 0 Å². The first-order valence-corrected chi connectivity index (χ1v) is 14.3. The molecule has 0 amide bonds. The average molecular weight is 524 g/mol. The van der Waals surface area contributed by atoms with E-state index in [1.807, 2.05) is 0 Å². The normalized spacial score (nSPS) is 14.2. The second kappa shape index (κ2) is 9.07. The first kappa shape index (κ1) is 24.0. The van der Waals surface area contributed by atoms with E-state index < -0.39 is 0 Å². The van der Waals surface area contributed by atoms with Gasteiger partial charge in [0.15, 0.2) is 0 Å². The van der Waals surface area contributed by atoms with Gasteiger partial charge in [-0.15, -0.1) is 0 Å². The fourth-order valence-electron chi connectivity index (χ4n) is 6.95. The number of hydrogen-bond acceptors (Lipinski definition) is 2. The first-order valence-electron chi connectivity index (χ1n) is 14.3. The maximum Gasteiger partial charge on any atom is 0.304 e. The summed E-state index contributed by atoms with van der Waals surface area (Å²) in [5, 5.41) is -0.103. The molecule has 0 N–H and O–H groups in total. The molecule has 0 bridgehead atoms. The molecule has 0 radical (unpaired) electrons. The van der Waals surface area contributed by atoms with Crippen molar-refractivity contribution in [1.29, 1.82) is 0 Å². The largest absolute Gasteiger partial charge is 0.380 e. The van der Waals surface area contributed by atoms with E-state index >= 15 is 0 Å². The molecule has 0 fully saturated rings. The van der Waals surface area contributed by atoms with E-state index in [1.54, 1.807) is 0 Å². The number of pyridine rings is 1. The topological polar surface area (TPSA) is 16.1 Å². The highest BCUT2D eigenvalue weighted by Crippen LogP contribution is 2.52. The van der Waals surface area contributed by atoms with Crippen molar-refractivity contribution >= 4 is 23.7 Å². The van der Waals surface area contributed by atoms with Gasteiger partial charge in [0.05, 0.1) is 11.4 Å². The predicted molar refractivity (Wildman–Crippen MR) is 173 cm³/mol. The van der Waals surface area contributed by atoms with Crippen molar-refractivity contribution in [2.75, 3.05) is 4.81 Å². The smallest absolute Gasteiger partial charge is 0.304 e. The molecular formula is C38H29BN2. The number of aromatic nitrogens is 1. The number of fused-ring (bicyclic) bond motifs is 8.